The number of hydrogen-bond acceptors (Lipinski definition) is 5. The Hall–Kier alpha value is -2.21. The zero-order chi connectivity index (χ0) is 17.9. The second-order valence-electron chi connectivity index (χ2n) is 6.01. The molecule has 1 aliphatic heterocycles. The van der Waals surface area contributed by atoms with E-state index in [2.05, 4.69) is 9.82 Å². The standard InChI is InChI=1S/C17H20N4O3S/c1-2-21-11-15(10-19-21)17-16(6-7-24-17)20-25(22,23)12-14-5-3-4-13(8-14)9-18/h3-5,8,10-11,16-17,20H,2,6-7,12H2,1H3/t16-,17+/m0/s1. The van der Waals surface area contributed by atoms with Crippen molar-refractivity contribution < 1.29 is 13.2 Å². The minimum absolute atomic E-state index is 0.167. The smallest absolute Gasteiger partial charge is 0.216 e. The molecule has 0 amide bonds. The highest BCUT2D eigenvalue weighted by Crippen LogP contribution is 2.29. The van der Waals surface area contributed by atoms with Crippen LogP contribution >= 0.6 is 0 Å². The van der Waals surface area contributed by atoms with Crippen LogP contribution in [0.5, 0.6) is 0 Å². The first kappa shape index (κ1) is 17.6. The Bertz CT molecular complexity index is 885. The van der Waals surface area contributed by atoms with Gasteiger partial charge in [0.1, 0.15) is 6.10 Å². The van der Waals surface area contributed by atoms with Crippen LogP contribution in [0.25, 0.3) is 0 Å². The van der Waals surface area contributed by atoms with Gasteiger partial charge in [-0.15, -0.1) is 0 Å². The molecule has 1 aliphatic rings. The topological polar surface area (TPSA) is 97.0 Å². The first-order valence-corrected chi connectivity index (χ1v) is 9.79. The lowest BCUT2D eigenvalue weighted by Crippen LogP contribution is -2.37. The number of sulfonamides is 1. The summed E-state index contributed by atoms with van der Waals surface area (Å²) in [4.78, 5) is 0. The number of aryl methyl sites for hydroxylation is 1. The number of nitrogens with zero attached hydrogens (tertiary/aromatic N) is 3. The maximum Gasteiger partial charge on any atom is 0.216 e. The zero-order valence-electron chi connectivity index (χ0n) is 13.9. The lowest BCUT2D eigenvalue weighted by Gasteiger charge is -2.19. The van der Waals surface area contributed by atoms with Crippen molar-refractivity contribution in [2.75, 3.05) is 6.61 Å². The Morgan fingerprint density at radius 1 is 1.48 bits per heavy atom. The summed E-state index contributed by atoms with van der Waals surface area (Å²) >= 11 is 0. The quantitative estimate of drug-likeness (QED) is 0.846. The molecule has 1 N–H and O–H groups in total. The monoisotopic (exact) mass is 360 g/mol. The van der Waals surface area contributed by atoms with Gasteiger partial charge in [-0.3, -0.25) is 4.68 Å². The van der Waals surface area contributed by atoms with Crippen molar-refractivity contribution in [1.82, 2.24) is 14.5 Å². The van der Waals surface area contributed by atoms with Gasteiger partial charge in [-0.2, -0.15) is 10.4 Å². The van der Waals surface area contributed by atoms with Gasteiger partial charge in [-0.05, 0) is 31.0 Å². The molecule has 2 heterocycles. The Kier molecular flexibility index (Phi) is 5.18. The van der Waals surface area contributed by atoms with Gasteiger partial charge in [-0.25, -0.2) is 13.1 Å². The SMILES string of the molecule is CCn1cc([C@H]2OCC[C@@H]2NS(=O)(=O)Cc2cccc(C#N)c2)cn1. The number of ether oxygens (including phenoxy) is 1. The maximum absolute atomic E-state index is 12.5. The van der Waals surface area contributed by atoms with E-state index in [9.17, 15) is 8.42 Å². The molecule has 0 saturated carbocycles. The number of aromatic nitrogens is 2. The number of hydrogen-bond donors (Lipinski definition) is 1. The van der Waals surface area contributed by atoms with Crippen molar-refractivity contribution >= 4 is 10.0 Å². The summed E-state index contributed by atoms with van der Waals surface area (Å²) in [6.45, 7) is 3.24. The van der Waals surface area contributed by atoms with Crippen molar-refractivity contribution in [3.8, 4) is 6.07 Å². The lowest BCUT2D eigenvalue weighted by atomic mass is 10.1. The molecule has 1 aromatic carbocycles. The number of rotatable bonds is 6. The van der Waals surface area contributed by atoms with Gasteiger partial charge in [0.25, 0.3) is 0 Å². The van der Waals surface area contributed by atoms with E-state index >= 15 is 0 Å². The summed E-state index contributed by atoms with van der Waals surface area (Å²) in [6.07, 6.45) is 3.88. The van der Waals surface area contributed by atoms with E-state index in [1.54, 1.807) is 35.1 Å². The third kappa shape index (κ3) is 4.25. The molecule has 132 valence electrons. The Morgan fingerprint density at radius 3 is 3.04 bits per heavy atom. The van der Waals surface area contributed by atoms with Crippen LogP contribution in [0.1, 0.15) is 36.1 Å². The van der Waals surface area contributed by atoms with E-state index in [1.807, 2.05) is 19.2 Å². The Morgan fingerprint density at radius 2 is 2.32 bits per heavy atom. The molecule has 0 radical (unpaired) electrons. The van der Waals surface area contributed by atoms with Gasteiger partial charge in [-0.1, -0.05) is 12.1 Å². The van der Waals surface area contributed by atoms with Crippen molar-refractivity contribution in [2.45, 2.75) is 37.8 Å². The number of benzene rings is 1. The summed E-state index contributed by atoms with van der Waals surface area (Å²) in [5.41, 5.74) is 1.90. The fourth-order valence-corrected chi connectivity index (χ4v) is 4.37. The molecule has 1 fully saturated rings. The van der Waals surface area contributed by atoms with Gasteiger partial charge in [0.2, 0.25) is 10.0 Å². The molecule has 25 heavy (non-hydrogen) atoms. The Balaban J connectivity index is 1.72. The minimum Gasteiger partial charge on any atom is -0.372 e. The summed E-state index contributed by atoms with van der Waals surface area (Å²) in [5.74, 6) is -0.167. The van der Waals surface area contributed by atoms with Crippen LogP contribution in [-0.2, 0) is 27.1 Å². The molecule has 0 aliphatic carbocycles. The second kappa shape index (κ2) is 7.35. The fraction of sp³-hybridized carbons (Fsp3) is 0.412. The highest BCUT2D eigenvalue weighted by atomic mass is 32.2. The van der Waals surface area contributed by atoms with Gasteiger partial charge in [0.05, 0.1) is 29.6 Å². The number of nitrogens with one attached hydrogen (secondary N) is 1. The van der Waals surface area contributed by atoms with Crippen LogP contribution in [0.4, 0.5) is 0 Å². The maximum atomic E-state index is 12.5. The van der Waals surface area contributed by atoms with Crippen molar-refractivity contribution in [1.29, 1.82) is 5.26 Å². The lowest BCUT2D eigenvalue weighted by molar-refractivity contribution is 0.102. The van der Waals surface area contributed by atoms with Crippen molar-refractivity contribution in [3.05, 3.63) is 53.3 Å². The molecule has 7 nitrogen and oxygen atoms in total. The van der Waals surface area contributed by atoms with Crippen LogP contribution in [0.15, 0.2) is 36.7 Å². The Labute approximate surface area is 147 Å². The first-order chi connectivity index (χ1) is 12.0. The van der Waals surface area contributed by atoms with E-state index in [-0.39, 0.29) is 17.9 Å². The first-order valence-electron chi connectivity index (χ1n) is 8.14. The zero-order valence-corrected chi connectivity index (χ0v) is 14.7. The van der Waals surface area contributed by atoms with Crippen molar-refractivity contribution in [2.24, 2.45) is 0 Å². The highest BCUT2D eigenvalue weighted by molar-refractivity contribution is 7.88. The van der Waals surface area contributed by atoms with E-state index in [1.165, 1.54) is 0 Å². The fourth-order valence-electron chi connectivity index (χ4n) is 2.96. The second-order valence-corrected chi connectivity index (χ2v) is 7.76. The average Bonchev–Trinajstić information content (AvgIpc) is 3.22. The highest BCUT2D eigenvalue weighted by Gasteiger charge is 2.33. The van der Waals surface area contributed by atoms with Crippen LogP contribution < -0.4 is 4.72 Å². The molecule has 8 heteroatoms. The van der Waals surface area contributed by atoms with Crippen LogP contribution in [0, 0.1) is 11.3 Å². The van der Waals surface area contributed by atoms with Gasteiger partial charge in [0.15, 0.2) is 0 Å². The normalized spacial score (nSPS) is 20.5. The van der Waals surface area contributed by atoms with E-state index in [0.29, 0.717) is 24.2 Å². The van der Waals surface area contributed by atoms with E-state index < -0.39 is 10.0 Å². The third-order valence-electron chi connectivity index (χ3n) is 4.14. The molecule has 0 unspecified atom stereocenters. The predicted molar refractivity (Wildman–Crippen MR) is 91.9 cm³/mol. The molecule has 1 aromatic heterocycles. The van der Waals surface area contributed by atoms with Gasteiger partial charge < -0.3 is 4.74 Å². The molecule has 0 bridgehead atoms. The molecular formula is C17H20N4O3S. The minimum atomic E-state index is -3.55. The van der Waals surface area contributed by atoms with Gasteiger partial charge in [0, 0.05) is 24.9 Å². The largest absolute Gasteiger partial charge is 0.372 e. The van der Waals surface area contributed by atoms with Gasteiger partial charge >= 0.3 is 0 Å². The van der Waals surface area contributed by atoms with E-state index in [0.717, 1.165) is 12.1 Å². The number of nitriles is 1. The summed E-state index contributed by atoms with van der Waals surface area (Å²) < 4.78 is 35.3. The molecule has 3 rings (SSSR count). The molecule has 2 aromatic rings. The molecular weight excluding hydrogens is 340 g/mol. The van der Waals surface area contributed by atoms with Crippen molar-refractivity contribution in [3.63, 3.8) is 0 Å². The summed E-state index contributed by atoms with van der Waals surface area (Å²) in [7, 11) is -3.55. The van der Waals surface area contributed by atoms with Crippen LogP contribution in [0.2, 0.25) is 0 Å². The third-order valence-corrected chi connectivity index (χ3v) is 5.52. The molecule has 0 spiro atoms. The average molecular weight is 360 g/mol. The predicted octanol–water partition coefficient (Wildman–Crippen LogP) is 1.72. The van der Waals surface area contributed by atoms with Crippen LogP contribution in [0.3, 0.4) is 0 Å². The molecule has 2 atom stereocenters. The van der Waals surface area contributed by atoms with Crippen LogP contribution in [-0.4, -0.2) is 30.8 Å². The summed E-state index contributed by atoms with van der Waals surface area (Å²) in [5, 5.41) is 13.2. The molecule has 1 saturated heterocycles. The van der Waals surface area contributed by atoms with E-state index in [4.69, 9.17) is 10.00 Å². The summed E-state index contributed by atoms with van der Waals surface area (Å²) in [6, 6.07) is 8.32.